The Morgan fingerprint density at radius 2 is 1.78 bits per heavy atom. The van der Waals surface area contributed by atoms with Crippen LogP contribution in [-0.4, -0.2) is 26.7 Å². The molecule has 0 aliphatic heterocycles. The summed E-state index contributed by atoms with van der Waals surface area (Å²) in [6.07, 6.45) is 0. The lowest BCUT2D eigenvalue weighted by atomic mass is 10.2. The average Bonchev–Trinajstić information content (AvgIpc) is 2.45. The predicted octanol–water partition coefficient (Wildman–Crippen LogP) is 2.77. The highest BCUT2D eigenvalue weighted by Crippen LogP contribution is 2.28. The number of halogens is 2. The molecule has 2 aromatic carbocycles. The van der Waals surface area contributed by atoms with E-state index < -0.39 is 28.3 Å². The summed E-state index contributed by atoms with van der Waals surface area (Å²) in [6.45, 7) is 2.63. The van der Waals surface area contributed by atoms with Crippen molar-refractivity contribution in [3.05, 3.63) is 59.2 Å². The van der Waals surface area contributed by atoms with Gasteiger partial charge in [-0.15, -0.1) is 0 Å². The van der Waals surface area contributed by atoms with Crippen molar-refractivity contribution in [2.75, 3.05) is 17.5 Å². The van der Waals surface area contributed by atoms with E-state index in [9.17, 15) is 17.2 Å². The fourth-order valence-electron chi connectivity index (χ4n) is 2.35. The Kier molecular flexibility index (Phi) is 5.01. The largest absolute Gasteiger partial charge is 0.394 e. The zero-order valence-corrected chi connectivity index (χ0v) is 13.6. The molecule has 2 aromatic rings. The molecule has 0 aromatic heterocycles. The van der Waals surface area contributed by atoms with Gasteiger partial charge in [-0.25, -0.2) is 17.2 Å². The van der Waals surface area contributed by atoms with Crippen LogP contribution in [0.2, 0.25) is 0 Å². The summed E-state index contributed by atoms with van der Waals surface area (Å²) >= 11 is 0. The molecule has 4 nitrogen and oxygen atoms in total. The molecule has 0 aliphatic rings. The van der Waals surface area contributed by atoms with Crippen molar-refractivity contribution < 1.29 is 22.3 Å². The van der Waals surface area contributed by atoms with Crippen LogP contribution in [0.4, 0.5) is 14.5 Å². The summed E-state index contributed by atoms with van der Waals surface area (Å²) in [5.74, 6) is -1.81. The SMILES string of the molecule is Cc1ccc(S(=O)(=O)N(CCO)c2ccc(F)cc2F)c(C)c1. The zero-order valence-electron chi connectivity index (χ0n) is 12.8. The Bertz CT molecular complexity index is 822. The number of benzene rings is 2. The lowest BCUT2D eigenvalue weighted by Crippen LogP contribution is -2.34. The summed E-state index contributed by atoms with van der Waals surface area (Å²) in [7, 11) is -4.09. The maximum Gasteiger partial charge on any atom is 0.264 e. The molecule has 0 aliphatic carbocycles. The smallest absolute Gasteiger partial charge is 0.264 e. The van der Waals surface area contributed by atoms with Crippen molar-refractivity contribution in [1.82, 2.24) is 0 Å². The van der Waals surface area contributed by atoms with Crippen LogP contribution in [0.1, 0.15) is 11.1 Å². The van der Waals surface area contributed by atoms with Crippen LogP contribution in [0.5, 0.6) is 0 Å². The van der Waals surface area contributed by atoms with Crippen LogP contribution >= 0.6 is 0 Å². The summed E-state index contributed by atoms with van der Waals surface area (Å²) in [5, 5.41) is 9.16. The Hall–Kier alpha value is -1.99. The fourth-order valence-corrected chi connectivity index (χ4v) is 4.02. The Morgan fingerprint density at radius 1 is 1.09 bits per heavy atom. The molecule has 0 atom stereocenters. The van der Waals surface area contributed by atoms with E-state index in [0.717, 1.165) is 22.0 Å². The Balaban J connectivity index is 2.59. The first-order chi connectivity index (χ1) is 10.8. The molecular formula is C16H17F2NO3S. The number of aryl methyl sites for hydroxylation is 2. The third kappa shape index (κ3) is 3.51. The van der Waals surface area contributed by atoms with Crippen molar-refractivity contribution in [3.8, 4) is 0 Å². The van der Waals surface area contributed by atoms with Gasteiger partial charge in [0, 0.05) is 6.07 Å². The maximum absolute atomic E-state index is 14.0. The molecule has 1 N–H and O–H groups in total. The summed E-state index contributed by atoms with van der Waals surface area (Å²) in [5.41, 5.74) is 1.10. The minimum absolute atomic E-state index is 0.0141. The van der Waals surface area contributed by atoms with Gasteiger partial charge in [0.25, 0.3) is 10.0 Å². The van der Waals surface area contributed by atoms with Crippen LogP contribution in [0.25, 0.3) is 0 Å². The van der Waals surface area contributed by atoms with Gasteiger partial charge in [0.15, 0.2) is 0 Å². The second-order valence-corrected chi connectivity index (χ2v) is 7.00. The minimum atomic E-state index is -4.09. The zero-order chi connectivity index (χ0) is 17.2. The first-order valence-electron chi connectivity index (χ1n) is 6.93. The standard InChI is InChI=1S/C16H17F2NO3S/c1-11-3-6-16(12(2)9-11)23(21,22)19(7-8-20)15-5-4-13(17)10-14(15)18/h3-6,9-10,20H,7-8H2,1-2H3. The highest BCUT2D eigenvalue weighted by atomic mass is 32.2. The highest BCUT2D eigenvalue weighted by molar-refractivity contribution is 7.92. The van der Waals surface area contributed by atoms with Gasteiger partial charge in [0.05, 0.1) is 23.7 Å². The van der Waals surface area contributed by atoms with E-state index in [0.29, 0.717) is 11.6 Å². The lowest BCUT2D eigenvalue weighted by molar-refractivity contribution is 0.306. The van der Waals surface area contributed by atoms with Crippen LogP contribution in [0, 0.1) is 25.5 Å². The number of aliphatic hydroxyl groups excluding tert-OH is 1. The monoisotopic (exact) mass is 341 g/mol. The molecule has 23 heavy (non-hydrogen) atoms. The number of aliphatic hydroxyl groups is 1. The van der Waals surface area contributed by atoms with Crippen LogP contribution < -0.4 is 4.31 Å². The number of nitrogens with zero attached hydrogens (tertiary/aromatic N) is 1. The third-order valence-electron chi connectivity index (χ3n) is 3.38. The Morgan fingerprint density at radius 3 is 2.35 bits per heavy atom. The van der Waals surface area contributed by atoms with Crippen molar-refractivity contribution in [2.45, 2.75) is 18.7 Å². The minimum Gasteiger partial charge on any atom is -0.394 e. The van der Waals surface area contributed by atoms with Gasteiger partial charge in [-0.1, -0.05) is 17.7 Å². The van der Waals surface area contributed by atoms with Gasteiger partial charge in [-0.2, -0.15) is 0 Å². The van der Waals surface area contributed by atoms with Crippen molar-refractivity contribution in [3.63, 3.8) is 0 Å². The van der Waals surface area contributed by atoms with E-state index in [1.807, 2.05) is 6.92 Å². The van der Waals surface area contributed by atoms with Crippen LogP contribution in [0.3, 0.4) is 0 Å². The number of hydrogen-bond donors (Lipinski definition) is 1. The van der Waals surface area contributed by atoms with Gasteiger partial charge in [-0.3, -0.25) is 4.31 Å². The molecule has 0 fully saturated rings. The van der Waals surface area contributed by atoms with Crippen LogP contribution in [-0.2, 0) is 10.0 Å². The van der Waals surface area contributed by atoms with E-state index in [1.165, 1.54) is 6.07 Å². The van der Waals surface area contributed by atoms with Crippen molar-refractivity contribution in [2.24, 2.45) is 0 Å². The van der Waals surface area contributed by atoms with Crippen LogP contribution in [0.15, 0.2) is 41.3 Å². The molecule has 0 saturated carbocycles. The molecule has 0 amide bonds. The predicted molar refractivity (Wildman–Crippen MR) is 83.9 cm³/mol. The van der Waals surface area contributed by atoms with E-state index >= 15 is 0 Å². The van der Waals surface area contributed by atoms with E-state index in [1.54, 1.807) is 19.1 Å². The summed E-state index contributed by atoms with van der Waals surface area (Å²) < 4.78 is 53.5. The average molecular weight is 341 g/mol. The maximum atomic E-state index is 14.0. The number of rotatable bonds is 5. The summed E-state index contributed by atoms with van der Waals surface area (Å²) in [4.78, 5) is 0.0141. The molecule has 0 unspecified atom stereocenters. The van der Waals surface area contributed by atoms with Gasteiger partial charge in [0.2, 0.25) is 0 Å². The molecule has 2 rings (SSSR count). The molecule has 0 heterocycles. The first-order valence-corrected chi connectivity index (χ1v) is 8.37. The molecular weight excluding hydrogens is 324 g/mol. The normalized spacial score (nSPS) is 11.5. The topological polar surface area (TPSA) is 57.6 Å². The Labute approximate surface area is 134 Å². The molecule has 0 radical (unpaired) electrons. The quantitative estimate of drug-likeness (QED) is 0.910. The van der Waals surface area contributed by atoms with Crippen molar-refractivity contribution >= 4 is 15.7 Å². The first kappa shape index (κ1) is 17.4. The highest BCUT2D eigenvalue weighted by Gasteiger charge is 2.28. The molecule has 124 valence electrons. The van der Waals surface area contributed by atoms with Crippen molar-refractivity contribution in [1.29, 1.82) is 0 Å². The number of hydrogen-bond acceptors (Lipinski definition) is 3. The van der Waals surface area contributed by atoms with E-state index in [4.69, 9.17) is 5.11 Å². The van der Waals surface area contributed by atoms with Gasteiger partial charge in [-0.05, 0) is 37.6 Å². The molecule has 0 bridgehead atoms. The molecule has 0 saturated heterocycles. The second-order valence-electron chi connectivity index (χ2n) is 5.17. The summed E-state index contributed by atoms with van der Waals surface area (Å²) in [6, 6.07) is 7.40. The second kappa shape index (κ2) is 6.64. The number of sulfonamides is 1. The molecule has 7 heteroatoms. The lowest BCUT2D eigenvalue weighted by Gasteiger charge is -2.25. The van der Waals surface area contributed by atoms with Gasteiger partial charge < -0.3 is 5.11 Å². The number of anilines is 1. The van der Waals surface area contributed by atoms with Gasteiger partial charge in [0.1, 0.15) is 11.6 Å². The third-order valence-corrected chi connectivity index (χ3v) is 5.35. The fraction of sp³-hybridized carbons (Fsp3) is 0.250. The molecule has 0 spiro atoms. The van der Waals surface area contributed by atoms with Gasteiger partial charge >= 0.3 is 0 Å². The van der Waals surface area contributed by atoms with E-state index in [2.05, 4.69) is 0 Å². The van der Waals surface area contributed by atoms with E-state index in [-0.39, 0.29) is 17.1 Å².